The van der Waals surface area contributed by atoms with Gasteiger partial charge < -0.3 is 10.0 Å². The van der Waals surface area contributed by atoms with E-state index in [0.29, 0.717) is 12.1 Å². The maximum Gasteiger partial charge on any atom is 0.308 e. The Morgan fingerprint density at radius 1 is 1.43 bits per heavy atom. The van der Waals surface area contributed by atoms with Crippen molar-refractivity contribution in [2.24, 2.45) is 0 Å². The molecule has 1 N–H and O–H groups in total. The van der Waals surface area contributed by atoms with Crippen molar-refractivity contribution in [1.29, 1.82) is 0 Å². The van der Waals surface area contributed by atoms with Gasteiger partial charge in [-0.2, -0.15) is 4.39 Å². The first kappa shape index (κ1) is 17.0. The Balaban J connectivity index is 3.26. The third kappa shape index (κ3) is 4.19. The van der Waals surface area contributed by atoms with Crippen molar-refractivity contribution in [3.8, 4) is 0 Å². The predicted molar refractivity (Wildman–Crippen MR) is 70.9 cm³/mol. The molecule has 1 aromatic rings. The number of halogens is 2. The van der Waals surface area contributed by atoms with Crippen LogP contribution in [-0.4, -0.2) is 39.5 Å². The second-order valence-corrected chi connectivity index (χ2v) is 5.18. The van der Waals surface area contributed by atoms with Crippen LogP contribution in [-0.2, 0) is 0 Å². The number of likely N-dealkylation sites (N-methyl/N-ethyl adjacent to an activating group) is 1. The summed E-state index contributed by atoms with van der Waals surface area (Å²) in [6.07, 6.45) is 0. The molecule has 0 unspecified atom stereocenters. The summed E-state index contributed by atoms with van der Waals surface area (Å²) in [6.45, 7) is 4.51. The molecule has 0 saturated carbocycles. The Morgan fingerprint density at radius 3 is 2.43 bits per heavy atom. The molecule has 0 saturated heterocycles. The second-order valence-electron chi connectivity index (χ2n) is 5.18. The summed E-state index contributed by atoms with van der Waals surface area (Å²) < 4.78 is 27.3. The van der Waals surface area contributed by atoms with Gasteiger partial charge in [0.15, 0.2) is 0 Å². The highest BCUT2D eigenvalue weighted by molar-refractivity contribution is 5.95. The molecule has 6 nitrogen and oxygen atoms in total. The average Bonchev–Trinajstić information content (AvgIpc) is 2.36. The molecule has 0 spiro atoms. The molecular weight excluding hydrogens is 286 g/mol. The highest BCUT2D eigenvalue weighted by atomic mass is 19.1. The number of hydrogen-bond acceptors (Lipinski definition) is 4. The molecule has 0 fully saturated rings. The van der Waals surface area contributed by atoms with E-state index in [-0.39, 0.29) is 13.1 Å². The molecule has 1 amide bonds. The van der Waals surface area contributed by atoms with Crippen molar-refractivity contribution >= 4 is 11.6 Å². The van der Waals surface area contributed by atoms with Crippen LogP contribution >= 0.6 is 0 Å². The number of aliphatic hydroxyl groups is 1. The van der Waals surface area contributed by atoms with Crippen molar-refractivity contribution in [2.75, 3.05) is 13.1 Å². The van der Waals surface area contributed by atoms with Gasteiger partial charge in [-0.3, -0.25) is 14.9 Å². The summed E-state index contributed by atoms with van der Waals surface area (Å²) in [5.41, 5.74) is -3.06. The van der Waals surface area contributed by atoms with Gasteiger partial charge in [0, 0.05) is 13.1 Å². The van der Waals surface area contributed by atoms with E-state index in [9.17, 15) is 28.8 Å². The van der Waals surface area contributed by atoms with Crippen molar-refractivity contribution < 1.29 is 23.6 Å². The van der Waals surface area contributed by atoms with Crippen LogP contribution in [0.15, 0.2) is 12.1 Å². The quantitative estimate of drug-likeness (QED) is 0.667. The van der Waals surface area contributed by atoms with Crippen LogP contribution in [0.25, 0.3) is 0 Å². The van der Waals surface area contributed by atoms with Crippen LogP contribution in [0, 0.1) is 21.7 Å². The number of hydrogen-bond donors (Lipinski definition) is 1. The van der Waals surface area contributed by atoms with Gasteiger partial charge in [-0.1, -0.05) is 0 Å². The number of amides is 1. The van der Waals surface area contributed by atoms with E-state index < -0.39 is 39.3 Å². The topological polar surface area (TPSA) is 83.7 Å². The molecule has 0 heterocycles. The lowest BCUT2D eigenvalue weighted by atomic mass is 10.1. The largest absolute Gasteiger partial charge is 0.389 e. The van der Waals surface area contributed by atoms with Gasteiger partial charge in [-0.05, 0) is 26.8 Å². The van der Waals surface area contributed by atoms with Crippen LogP contribution in [0.5, 0.6) is 0 Å². The fourth-order valence-corrected chi connectivity index (χ4v) is 1.83. The Hall–Kier alpha value is -2.09. The molecule has 0 bridgehead atoms. The summed E-state index contributed by atoms with van der Waals surface area (Å²) in [5, 5.41) is 20.4. The van der Waals surface area contributed by atoms with Gasteiger partial charge in [0.2, 0.25) is 5.82 Å². The highest BCUT2D eigenvalue weighted by Crippen LogP contribution is 2.24. The summed E-state index contributed by atoms with van der Waals surface area (Å²) in [5.74, 6) is -3.38. The monoisotopic (exact) mass is 302 g/mol. The first-order valence-corrected chi connectivity index (χ1v) is 6.22. The molecule has 0 aromatic heterocycles. The number of carbonyl (C=O) groups excluding carboxylic acids is 1. The maximum atomic E-state index is 14.0. The van der Waals surface area contributed by atoms with Gasteiger partial charge >= 0.3 is 5.69 Å². The molecule has 21 heavy (non-hydrogen) atoms. The molecule has 116 valence electrons. The number of nitro groups is 1. The minimum Gasteiger partial charge on any atom is -0.389 e. The maximum absolute atomic E-state index is 14.0. The zero-order chi connectivity index (χ0) is 16.4. The normalized spacial score (nSPS) is 11.3. The molecule has 8 heteroatoms. The summed E-state index contributed by atoms with van der Waals surface area (Å²) in [7, 11) is 0. The van der Waals surface area contributed by atoms with Crippen LogP contribution in [0.4, 0.5) is 14.5 Å². The Kier molecular flexibility index (Phi) is 4.95. The minimum atomic E-state index is -1.39. The number of carbonyl (C=O) groups is 1. The molecule has 0 atom stereocenters. The molecule has 0 aliphatic carbocycles. The van der Waals surface area contributed by atoms with E-state index in [4.69, 9.17) is 0 Å². The molecule has 0 aliphatic rings. The Bertz CT molecular complexity index is 570. The first-order valence-electron chi connectivity index (χ1n) is 6.22. The molecule has 1 aromatic carbocycles. The number of rotatable bonds is 5. The number of benzene rings is 1. The third-order valence-electron chi connectivity index (χ3n) is 2.69. The van der Waals surface area contributed by atoms with Crippen molar-refractivity contribution in [3.05, 3.63) is 39.4 Å². The van der Waals surface area contributed by atoms with Crippen molar-refractivity contribution in [2.45, 2.75) is 26.4 Å². The Morgan fingerprint density at radius 2 is 2.00 bits per heavy atom. The van der Waals surface area contributed by atoms with Gasteiger partial charge in [-0.15, -0.1) is 0 Å². The van der Waals surface area contributed by atoms with Crippen LogP contribution < -0.4 is 0 Å². The molecular formula is C13H16F2N2O4. The predicted octanol–water partition coefficient (Wildman–Crippen LogP) is 2.11. The standard InChI is InChI=1S/C13H16F2N2O4/c1-4-16(7-13(2,3)19)12(18)9-5-8(14)6-10(11(9)15)17(20)21/h5-6,19H,4,7H2,1-3H3. The molecule has 0 aliphatic heterocycles. The van der Waals surface area contributed by atoms with Crippen LogP contribution in [0.2, 0.25) is 0 Å². The van der Waals surface area contributed by atoms with E-state index in [2.05, 4.69) is 0 Å². The molecule has 0 radical (unpaired) electrons. The van der Waals surface area contributed by atoms with E-state index in [1.807, 2.05) is 0 Å². The fraction of sp³-hybridized carbons (Fsp3) is 0.462. The fourth-order valence-electron chi connectivity index (χ4n) is 1.83. The van der Waals surface area contributed by atoms with Gasteiger partial charge in [0.1, 0.15) is 5.82 Å². The van der Waals surface area contributed by atoms with E-state index in [1.54, 1.807) is 6.92 Å². The van der Waals surface area contributed by atoms with Gasteiger partial charge in [0.05, 0.1) is 22.2 Å². The lowest BCUT2D eigenvalue weighted by Gasteiger charge is -2.28. The van der Waals surface area contributed by atoms with E-state index >= 15 is 0 Å². The first-order chi connectivity index (χ1) is 9.56. The lowest BCUT2D eigenvalue weighted by molar-refractivity contribution is -0.387. The SMILES string of the molecule is CCN(CC(C)(C)O)C(=O)c1cc(F)cc([N+](=O)[O-])c1F. The van der Waals surface area contributed by atoms with Gasteiger partial charge in [0.25, 0.3) is 5.91 Å². The second kappa shape index (κ2) is 6.13. The molecule has 1 rings (SSSR count). The van der Waals surface area contributed by atoms with Gasteiger partial charge in [-0.25, -0.2) is 4.39 Å². The van der Waals surface area contributed by atoms with Crippen molar-refractivity contribution in [1.82, 2.24) is 4.90 Å². The third-order valence-corrected chi connectivity index (χ3v) is 2.69. The summed E-state index contributed by atoms with van der Waals surface area (Å²) in [4.78, 5) is 22.8. The van der Waals surface area contributed by atoms with Crippen molar-refractivity contribution in [3.63, 3.8) is 0 Å². The highest BCUT2D eigenvalue weighted by Gasteiger charge is 2.29. The zero-order valence-corrected chi connectivity index (χ0v) is 11.9. The zero-order valence-electron chi connectivity index (χ0n) is 11.9. The average molecular weight is 302 g/mol. The minimum absolute atomic E-state index is 0.119. The Labute approximate surface area is 120 Å². The van der Waals surface area contributed by atoms with Crippen LogP contribution in [0.3, 0.4) is 0 Å². The number of nitrogens with zero attached hydrogens (tertiary/aromatic N) is 2. The lowest BCUT2D eigenvalue weighted by Crippen LogP contribution is -2.42. The van der Waals surface area contributed by atoms with E-state index in [1.165, 1.54) is 13.8 Å². The summed E-state index contributed by atoms with van der Waals surface area (Å²) in [6, 6.07) is 1.02. The van der Waals surface area contributed by atoms with E-state index in [0.717, 1.165) is 4.90 Å². The summed E-state index contributed by atoms with van der Waals surface area (Å²) >= 11 is 0. The smallest absolute Gasteiger partial charge is 0.308 e. The number of nitro benzene ring substituents is 1. The van der Waals surface area contributed by atoms with Crippen LogP contribution in [0.1, 0.15) is 31.1 Å².